The lowest BCUT2D eigenvalue weighted by Gasteiger charge is -2.18. The number of hydrogen-bond donors (Lipinski definition) is 1. The average Bonchev–Trinajstić information content (AvgIpc) is 2.71. The summed E-state index contributed by atoms with van der Waals surface area (Å²) in [4.78, 5) is 12.8. The molecule has 0 spiro atoms. The van der Waals surface area contributed by atoms with Crippen molar-refractivity contribution in [3.8, 4) is 0 Å². The van der Waals surface area contributed by atoms with E-state index >= 15 is 0 Å². The molecule has 1 aliphatic rings. The summed E-state index contributed by atoms with van der Waals surface area (Å²) in [5.74, 6) is -2.56. The van der Waals surface area contributed by atoms with Crippen LogP contribution in [0.4, 0.5) is 13.2 Å². The van der Waals surface area contributed by atoms with Crippen LogP contribution in [0.25, 0.3) is 11.3 Å². The maximum atomic E-state index is 13.8. The van der Waals surface area contributed by atoms with Crippen LogP contribution in [0.2, 0.25) is 0 Å². The van der Waals surface area contributed by atoms with Crippen LogP contribution < -0.4 is 0 Å². The minimum Gasteiger partial charge on any atom is -0.478 e. The second-order valence-corrected chi connectivity index (χ2v) is 6.45. The molecule has 2 aromatic rings. The van der Waals surface area contributed by atoms with E-state index in [4.69, 9.17) is 4.74 Å². The number of Topliss-reactive ketones (excluding diaryl/α,β-unsaturated/α-hetero) is 1. The van der Waals surface area contributed by atoms with E-state index in [-0.39, 0.29) is 21.8 Å². The Hall–Kier alpha value is -2.21. The number of rotatable bonds is 2. The van der Waals surface area contributed by atoms with Crippen LogP contribution in [0.15, 0.2) is 41.3 Å². The molecule has 124 valence electrons. The van der Waals surface area contributed by atoms with Gasteiger partial charge in [-0.2, -0.15) is 0 Å². The van der Waals surface area contributed by atoms with Crippen molar-refractivity contribution >= 4 is 29.7 Å². The summed E-state index contributed by atoms with van der Waals surface area (Å²) < 4.78 is 46.6. The van der Waals surface area contributed by atoms with E-state index < -0.39 is 28.8 Å². The molecule has 0 amide bonds. The molecule has 0 aliphatic carbocycles. The minimum atomic E-state index is -1.22. The third-order valence-corrected chi connectivity index (χ3v) is 4.08. The Balaban J connectivity index is 2.25. The van der Waals surface area contributed by atoms with Crippen LogP contribution in [-0.2, 0) is 9.53 Å². The lowest BCUT2D eigenvalue weighted by Crippen LogP contribution is -2.29. The first-order valence-corrected chi connectivity index (χ1v) is 7.57. The number of ketones is 1. The molecule has 0 unspecified atom stereocenters. The first kappa shape index (κ1) is 16.6. The predicted octanol–water partition coefficient (Wildman–Crippen LogP) is 4.64. The number of carbonyl (C=O) groups excluding carboxylic acids is 1. The van der Waals surface area contributed by atoms with Gasteiger partial charge < -0.3 is 4.74 Å². The van der Waals surface area contributed by atoms with E-state index in [9.17, 15) is 18.0 Å². The zero-order valence-electron chi connectivity index (χ0n) is 12.9. The van der Waals surface area contributed by atoms with Gasteiger partial charge in [0.2, 0.25) is 5.78 Å². The molecule has 3 rings (SSSR count). The fourth-order valence-electron chi connectivity index (χ4n) is 2.57. The summed E-state index contributed by atoms with van der Waals surface area (Å²) in [5.41, 5.74) is -0.856. The van der Waals surface area contributed by atoms with Crippen LogP contribution >= 0.6 is 12.6 Å². The Morgan fingerprint density at radius 3 is 2.17 bits per heavy atom. The normalized spacial score (nSPS) is 16.5. The molecule has 0 saturated carbocycles. The van der Waals surface area contributed by atoms with Crippen molar-refractivity contribution < 1.29 is 22.7 Å². The third-order valence-electron chi connectivity index (χ3n) is 3.72. The highest BCUT2D eigenvalue weighted by atomic mass is 32.1. The molecule has 0 aromatic heterocycles. The second-order valence-electron chi connectivity index (χ2n) is 5.97. The van der Waals surface area contributed by atoms with Crippen molar-refractivity contribution in [3.63, 3.8) is 0 Å². The van der Waals surface area contributed by atoms with E-state index in [1.165, 1.54) is 18.2 Å². The molecular weight excluding hydrogens is 337 g/mol. The first-order valence-electron chi connectivity index (χ1n) is 7.12. The highest BCUT2D eigenvalue weighted by Gasteiger charge is 2.43. The summed E-state index contributed by atoms with van der Waals surface area (Å²) in [7, 11) is 0. The van der Waals surface area contributed by atoms with E-state index in [0.717, 1.165) is 12.1 Å². The van der Waals surface area contributed by atoms with Gasteiger partial charge in [0, 0.05) is 16.5 Å². The van der Waals surface area contributed by atoms with E-state index in [0.29, 0.717) is 11.6 Å². The van der Waals surface area contributed by atoms with Crippen molar-refractivity contribution in [2.75, 3.05) is 0 Å². The zero-order valence-corrected chi connectivity index (χ0v) is 13.8. The van der Waals surface area contributed by atoms with Gasteiger partial charge in [0.1, 0.15) is 23.2 Å². The fraction of sp³-hybridized carbons (Fsp3) is 0.167. The molecule has 2 nitrogen and oxygen atoms in total. The molecule has 1 heterocycles. The van der Waals surface area contributed by atoms with Gasteiger partial charge >= 0.3 is 0 Å². The lowest BCUT2D eigenvalue weighted by molar-refractivity contribution is -0.125. The minimum absolute atomic E-state index is 0.0183. The number of benzene rings is 2. The third kappa shape index (κ3) is 2.82. The number of carbonyl (C=O) groups is 1. The molecule has 24 heavy (non-hydrogen) atoms. The monoisotopic (exact) mass is 350 g/mol. The Labute approximate surface area is 142 Å². The number of ether oxygens (including phenoxy) is 1. The number of hydrogen-bond acceptors (Lipinski definition) is 3. The lowest BCUT2D eigenvalue weighted by atomic mass is 9.92. The summed E-state index contributed by atoms with van der Waals surface area (Å²) in [6.45, 7) is 3.09. The second kappa shape index (κ2) is 5.70. The van der Waals surface area contributed by atoms with E-state index in [2.05, 4.69) is 12.6 Å². The topological polar surface area (TPSA) is 26.3 Å². The number of thiol groups is 1. The molecular formula is C18H13F3O2S. The Bertz CT molecular complexity index is 868. The van der Waals surface area contributed by atoms with Gasteiger partial charge in [0.15, 0.2) is 5.60 Å². The Morgan fingerprint density at radius 2 is 1.58 bits per heavy atom. The van der Waals surface area contributed by atoms with Crippen molar-refractivity contribution in [3.05, 3.63) is 65.0 Å². The summed E-state index contributed by atoms with van der Waals surface area (Å²) >= 11 is 3.96. The quantitative estimate of drug-likeness (QED) is 0.799. The van der Waals surface area contributed by atoms with Crippen LogP contribution in [0.5, 0.6) is 0 Å². The molecule has 0 saturated heterocycles. The maximum absolute atomic E-state index is 13.8. The van der Waals surface area contributed by atoms with Crippen LogP contribution in [0.1, 0.15) is 25.0 Å². The molecule has 6 heteroatoms. The summed E-state index contributed by atoms with van der Waals surface area (Å²) in [6.07, 6.45) is 0. The van der Waals surface area contributed by atoms with E-state index in [1.807, 2.05) is 0 Å². The SMILES string of the molecule is CC1(C)OC(c2ccc(S)c(F)c2)=C(c2cc(F)cc(F)c2)C1=O. The van der Waals surface area contributed by atoms with Crippen LogP contribution in [-0.4, -0.2) is 11.4 Å². The molecule has 0 atom stereocenters. The number of halogens is 3. The highest BCUT2D eigenvalue weighted by Crippen LogP contribution is 2.41. The van der Waals surface area contributed by atoms with Crippen molar-refractivity contribution in [1.82, 2.24) is 0 Å². The smallest absolute Gasteiger partial charge is 0.210 e. The largest absolute Gasteiger partial charge is 0.478 e. The van der Waals surface area contributed by atoms with Crippen LogP contribution in [0, 0.1) is 17.5 Å². The standard InChI is InChI=1S/C18H13F3O2S/c1-18(2)17(22)15(10-5-11(19)8-12(20)6-10)16(23-18)9-3-4-14(24)13(21)7-9/h3-8,24H,1-2H3. The predicted molar refractivity (Wildman–Crippen MR) is 87.0 cm³/mol. The molecule has 0 fully saturated rings. The van der Waals surface area contributed by atoms with E-state index in [1.54, 1.807) is 13.8 Å². The molecule has 0 bridgehead atoms. The van der Waals surface area contributed by atoms with Crippen molar-refractivity contribution in [1.29, 1.82) is 0 Å². The zero-order chi connectivity index (χ0) is 17.6. The van der Waals surface area contributed by atoms with Gasteiger partial charge in [-0.25, -0.2) is 13.2 Å². The summed E-state index contributed by atoms with van der Waals surface area (Å²) in [6, 6.07) is 6.93. The van der Waals surface area contributed by atoms with Crippen molar-refractivity contribution in [2.45, 2.75) is 24.3 Å². The van der Waals surface area contributed by atoms with Crippen molar-refractivity contribution in [2.24, 2.45) is 0 Å². The van der Waals surface area contributed by atoms with Gasteiger partial charge in [-0.3, -0.25) is 4.79 Å². The van der Waals surface area contributed by atoms with Gasteiger partial charge in [-0.15, -0.1) is 12.6 Å². The molecule has 0 radical (unpaired) electrons. The highest BCUT2D eigenvalue weighted by molar-refractivity contribution is 7.80. The first-order chi connectivity index (χ1) is 11.2. The van der Waals surface area contributed by atoms with Crippen LogP contribution in [0.3, 0.4) is 0 Å². The molecule has 0 N–H and O–H groups in total. The Kier molecular flexibility index (Phi) is 3.95. The van der Waals surface area contributed by atoms with Gasteiger partial charge in [0.05, 0.1) is 5.57 Å². The Morgan fingerprint density at radius 1 is 0.958 bits per heavy atom. The van der Waals surface area contributed by atoms with Gasteiger partial charge in [-0.05, 0) is 49.7 Å². The van der Waals surface area contributed by atoms with Gasteiger partial charge in [0.25, 0.3) is 0 Å². The molecule has 1 aliphatic heterocycles. The molecule has 2 aromatic carbocycles. The maximum Gasteiger partial charge on any atom is 0.210 e. The average molecular weight is 350 g/mol. The summed E-state index contributed by atoms with van der Waals surface area (Å²) in [5, 5.41) is 0. The fourth-order valence-corrected chi connectivity index (χ4v) is 2.71. The van der Waals surface area contributed by atoms with Gasteiger partial charge in [-0.1, -0.05) is 0 Å².